The Kier molecular flexibility index (Phi) is 6.43. The first-order valence-electron chi connectivity index (χ1n) is 8.28. The summed E-state index contributed by atoms with van der Waals surface area (Å²) in [5, 5.41) is 9.46. The third-order valence-corrected chi connectivity index (χ3v) is 4.05. The molecule has 1 aromatic rings. The molecule has 0 aliphatic heterocycles. The van der Waals surface area contributed by atoms with E-state index >= 15 is 0 Å². The van der Waals surface area contributed by atoms with Crippen LogP contribution in [0.2, 0.25) is 0 Å². The number of hydrogen-bond donors (Lipinski definition) is 0. The van der Waals surface area contributed by atoms with Crippen molar-refractivity contribution in [3.8, 4) is 6.07 Å². The second kappa shape index (κ2) is 8.56. The van der Waals surface area contributed by atoms with Crippen LogP contribution < -0.4 is 0 Å². The van der Waals surface area contributed by atoms with Crippen molar-refractivity contribution in [2.75, 3.05) is 6.61 Å². The minimum Gasteiger partial charge on any atom is -0.353 e. The molecule has 0 heterocycles. The van der Waals surface area contributed by atoms with Crippen LogP contribution in [0.15, 0.2) is 54.6 Å². The summed E-state index contributed by atoms with van der Waals surface area (Å²) >= 11 is 0. The van der Waals surface area contributed by atoms with E-state index in [0.717, 1.165) is 6.42 Å². The van der Waals surface area contributed by atoms with Crippen LogP contribution in [0.5, 0.6) is 0 Å². The van der Waals surface area contributed by atoms with Gasteiger partial charge < -0.3 is 4.74 Å². The Labute approximate surface area is 134 Å². The molecule has 0 amide bonds. The van der Waals surface area contributed by atoms with Crippen LogP contribution in [0.1, 0.15) is 50.5 Å². The van der Waals surface area contributed by atoms with Crippen LogP contribution in [0, 0.1) is 11.3 Å². The van der Waals surface area contributed by atoms with E-state index in [1.165, 1.54) is 31.2 Å². The largest absolute Gasteiger partial charge is 0.353 e. The fraction of sp³-hybridized carbons (Fsp3) is 0.450. The summed E-state index contributed by atoms with van der Waals surface area (Å²) in [5.41, 5.74) is 0.358. The third-order valence-electron chi connectivity index (χ3n) is 4.05. The Bertz CT molecular complexity index is 525. The van der Waals surface area contributed by atoms with E-state index in [0.29, 0.717) is 6.61 Å². The van der Waals surface area contributed by atoms with Gasteiger partial charge >= 0.3 is 0 Å². The van der Waals surface area contributed by atoms with Gasteiger partial charge in [-0.05, 0) is 24.1 Å². The molecule has 1 aromatic carbocycles. The number of benzene rings is 1. The Morgan fingerprint density at radius 3 is 2.36 bits per heavy atom. The van der Waals surface area contributed by atoms with Crippen LogP contribution >= 0.6 is 0 Å². The predicted molar refractivity (Wildman–Crippen MR) is 90.5 cm³/mol. The van der Waals surface area contributed by atoms with Crippen LogP contribution in [-0.4, -0.2) is 12.2 Å². The Hall–Kier alpha value is -1.85. The molecule has 0 fully saturated rings. The molecule has 0 atom stereocenters. The summed E-state index contributed by atoms with van der Waals surface area (Å²) in [4.78, 5) is 0. The summed E-state index contributed by atoms with van der Waals surface area (Å²) in [5.74, 6) is 0.232. The summed E-state index contributed by atoms with van der Waals surface area (Å²) in [6, 6.07) is 12.6. The summed E-state index contributed by atoms with van der Waals surface area (Å²) in [6.07, 6.45) is 13.9. The molecule has 0 saturated heterocycles. The van der Waals surface area contributed by atoms with Gasteiger partial charge in [-0.3, -0.25) is 0 Å². The van der Waals surface area contributed by atoms with Gasteiger partial charge in [-0.15, -0.1) is 0 Å². The van der Waals surface area contributed by atoms with Gasteiger partial charge in [-0.2, -0.15) is 5.26 Å². The molecule has 1 aliphatic rings. The maximum Gasteiger partial charge on any atom is 0.191 e. The zero-order chi connectivity index (χ0) is 15.7. The lowest BCUT2D eigenvalue weighted by Gasteiger charge is -2.25. The highest BCUT2D eigenvalue weighted by Crippen LogP contribution is 2.28. The van der Waals surface area contributed by atoms with Crippen molar-refractivity contribution >= 4 is 0 Å². The first-order chi connectivity index (χ1) is 10.8. The van der Waals surface area contributed by atoms with E-state index in [1.807, 2.05) is 30.4 Å². The molecule has 116 valence electrons. The number of ether oxygens (including phenoxy) is 1. The van der Waals surface area contributed by atoms with E-state index in [9.17, 15) is 5.26 Å². The first kappa shape index (κ1) is 16.5. The highest BCUT2D eigenvalue weighted by molar-refractivity contribution is 5.39. The molecular weight excluding hydrogens is 270 g/mol. The summed E-state index contributed by atoms with van der Waals surface area (Å²) < 4.78 is 5.85. The monoisotopic (exact) mass is 295 g/mol. The minimum absolute atomic E-state index is 0.232. The lowest BCUT2D eigenvalue weighted by atomic mass is 9.89. The molecule has 0 bridgehead atoms. The van der Waals surface area contributed by atoms with E-state index < -0.39 is 5.60 Å². The second-order valence-corrected chi connectivity index (χ2v) is 5.82. The van der Waals surface area contributed by atoms with Gasteiger partial charge in [-0.1, -0.05) is 75.1 Å². The molecule has 0 N–H and O–H groups in total. The Balaban J connectivity index is 1.86. The molecule has 0 saturated carbocycles. The average Bonchev–Trinajstić information content (AvgIpc) is 2.59. The van der Waals surface area contributed by atoms with Gasteiger partial charge in [0.15, 0.2) is 5.60 Å². The summed E-state index contributed by atoms with van der Waals surface area (Å²) in [7, 11) is 0. The third kappa shape index (κ3) is 4.58. The molecule has 0 unspecified atom stereocenters. The van der Waals surface area contributed by atoms with E-state index in [-0.39, 0.29) is 5.92 Å². The normalized spacial score (nSPS) is 23.4. The van der Waals surface area contributed by atoms with Crippen LogP contribution in [0.4, 0.5) is 0 Å². The van der Waals surface area contributed by atoms with Gasteiger partial charge in [0.1, 0.15) is 6.07 Å². The molecule has 22 heavy (non-hydrogen) atoms. The molecule has 0 spiro atoms. The van der Waals surface area contributed by atoms with Crippen molar-refractivity contribution in [3.05, 3.63) is 60.2 Å². The Morgan fingerprint density at radius 2 is 1.73 bits per heavy atom. The SMILES string of the molecule is CCCCCCCOC1(C#N)C=CC(c2ccccc2)C=C1. The predicted octanol–water partition coefficient (Wildman–Crippen LogP) is 5.15. The van der Waals surface area contributed by atoms with Gasteiger partial charge in [0, 0.05) is 12.5 Å². The molecule has 2 heteroatoms. The van der Waals surface area contributed by atoms with E-state index in [2.05, 4.69) is 37.3 Å². The number of hydrogen-bond acceptors (Lipinski definition) is 2. The standard InChI is InChI=1S/C20H25NO/c1-2-3-4-5-9-16-22-20(17-21)14-12-19(13-15-20)18-10-7-6-8-11-18/h6-8,10-15,19H,2-5,9,16H2,1H3. The number of rotatable bonds is 8. The van der Waals surface area contributed by atoms with Crippen molar-refractivity contribution in [1.29, 1.82) is 5.26 Å². The highest BCUT2D eigenvalue weighted by atomic mass is 16.5. The van der Waals surface area contributed by atoms with Gasteiger partial charge in [0.05, 0.1) is 0 Å². The minimum atomic E-state index is -0.879. The topological polar surface area (TPSA) is 33.0 Å². The number of nitrogens with zero attached hydrogens (tertiary/aromatic N) is 1. The van der Waals surface area contributed by atoms with Crippen molar-refractivity contribution in [2.24, 2.45) is 0 Å². The van der Waals surface area contributed by atoms with E-state index in [1.54, 1.807) is 0 Å². The van der Waals surface area contributed by atoms with Crippen molar-refractivity contribution in [2.45, 2.75) is 50.5 Å². The highest BCUT2D eigenvalue weighted by Gasteiger charge is 2.27. The number of nitriles is 1. The van der Waals surface area contributed by atoms with Crippen LogP contribution in [0.25, 0.3) is 0 Å². The summed E-state index contributed by atoms with van der Waals surface area (Å²) in [6.45, 7) is 2.85. The van der Waals surface area contributed by atoms with Crippen molar-refractivity contribution in [3.63, 3.8) is 0 Å². The van der Waals surface area contributed by atoms with Crippen LogP contribution in [0.3, 0.4) is 0 Å². The molecule has 0 radical (unpaired) electrons. The molecule has 0 aromatic heterocycles. The first-order valence-corrected chi connectivity index (χ1v) is 8.28. The Morgan fingerprint density at radius 1 is 1.05 bits per heavy atom. The van der Waals surface area contributed by atoms with E-state index in [4.69, 9.17) is 4.74 Å². The molecule has 2 rings (SSSR count). The average molecular weight is 295 g/mol. The second-order valence-electron chi connectivity index (χ2n) is 5.82. The maximum absolute atomic E-state index is 9.46. The van der Waals surface area contributed by atoms with Gasteiger partial charge in [0.2, 0.25) is 0 Å². The number of unbranched alkanes of at least 4 members (excludes halogenated alkanes) is 4. The quantitative estimate of drug-likeness (QED) is 0.491. The fourth-order valence-electron chi connectivity index (χ4n) is 2.66. The number of allylic oxidation sites excluding steroid dienone is 2. The van der Waals surface area contributed by atoms with Crippen molar-refractivity contribution < 1.29 is 4.74 Å². The molecule has 2 nitrogen and oxygen atoms in total. The zero-order valence-electron chi connectivity index (χ0n) is 13.4. The van der Waals surface area contributed by atoms with Crippen LogP contribution in [-0.2, 0) is 4.74 Å². The van der Waals surface area contributed by atoms with Gasteiger partial charge in [0.25, 0.3) is 0 Å². The fourth-order valence-corrected chi connectivity index (χ4v) is 2.66. The maximum atomic E-state index is 9.46. The lowest BCUT2D eigenvalue weighted by molar-refractivity contribution is 0.0629. The van der Waals surface area contributed by atoms with Crippen molar-refractivity contribution in [1.82, 2.24) is 0 Å². The molecule has 1 aliphatic carbocycles. The lowest BCUT2D eigenvalue weighted by Crippen LogP contribution is -2.28. The zero-order valence-corrected chi connectivity index (χ0v) is 13.4. The smallest absolute Gasteiger partial charge is 0.191 e. The van der Waals surface area contributed by atoms with Gasteiger partial charge in [-0.25, -0.2) is 0 Å². The molecular formula is C20H25NO.